The molecule has 27 heteroatoms. The van der Waals surface area contributed by atoms with Crippen LogP contribution in [0.2, 0.25) is 0 Å². The van der Waals surface area contributed by atoms with E-state index in [1.807, 2.05) is 0 Å². The number of carbonyl (C=O) groups is 2. The average Bonchev–Trinajstić information content (AvgIpc) is 3.48. The minimum atomic E-state index is -1.94. The van der Waals surface area contributed by atoms with Crippen LogP contribution in [-0.2, 0) is 52.2 Å². The van der Waals surface area contributed by atoms with E-state index >= 15 is 0 Å². The highest BCUT2D eigenvalue weighted by Crippen LogP contribution is 2.46. The molecule has 446 valence electrons. The number of fused-ring (bicyclic) bond motifs is 1. The van der Waals surface area contributed by atoms with Crippen molar-refractivity contribution in [3.8, 4) is 0 Å². The molecule has 0 radical (unpaired) electrons. The van der Waals surface area contributed by atoms with Crippen LogP contribution < -0.4 is 0 Å². The van der Waals surface area contributed by atoms with Gasteiger partial charge in [-0.1, -0.05) is 12.2 Å². The van der Waals surface area contributed by atoms with E-state index in [2.05, 4.69) is 0 Å². The second kappa shape index (κ2) is 27.3. The van der Waals surface area contributed by atoms with Crippen LogP contribution in [0.1, 0.15) is 77.0 Å². The summed E-state index contributed by atoms with van der Waals surface area (Å²) in [7, 11) is 0. The lowest BCUT2D eigenvalue weighted by atomic mass is 9.72. The van der Waals surface area contributed by atoms with Crippen molar-refractivity contribution in [2.45, 2.75) is 236 Å². The summed E-state index contributed by atoms with van der Waals surface area (Å²) in [5, 5.41) is 172. The van der Waals surface area contributed by atoms with Crippen molar-refractivity contribution in [3.63, 3.8) is 0 Å². The molecule has 0 bridgehead atoms. The highest BCUT2D eigenvalue weighted by atomic mass is 16.7. The molecule has 4 saturated carbocycles. The number of esters is 2. The number of hydrogen-bond donors (Lipinski definition) is 16. The van der Waals surface area contributed by atoms with Crippen molar-refractivity contribution in [2.75, 3.05) is 19.8 Å². The first-order chi connectivity index (χ1) is 37.1. The topological polar surface area (TPSA) is 441 Å². The van der Waals surface area contributed by atoms with Crippen LogP contribution in [0.4, 0.5) is 0 Å². The minimum Gasteiger partial charge on any atom is -0.460 e. The first-order valence-electron chi connectivity index (χ1n) is 27.2. The average molecular weight is 1130 g/mol. The van der Waals surface area contributed by atoms with Gasteiger partial charge in [-0.25, -0.2) is 9.59 Å². The number of allylic oxidation sites excluding steroid dienone is 2. The Morgan fingerprint density at radius 1 is 0.423 bits per heavy atom. The van der Waals surface area contributed by atoms with Gasteiger partial charge in [-0.15, -0.1) is 0 Å². The predicted octanol–water partition coefficient (Wildman–Crippen LogP) is -6.11. The van der Waals surface area contributed by atoms with Gasteiger partial charge in [0.05, 0.1) is 67.6 Å². The van der Waals surface area contributed by atoms with E-state index in [0.717, 1.165) is 6.08 Å². The summed E-state index contributed by atoms with van der Waals surface area (Å²) in [4.78, 5) is 25.4. The van der Waals surface area contributed by atoms with Gasteiger partial charge in [-0.2, -0.15) is 0 Å². The Bertz CT molecular complexity index is 1970. The summed E-state index contributed by atoms with van der Waals surface area (Å²) >= 11 is 0. The molecule has 8 rings (SSSR count). The standard InChI is InChI=1S/C51H80O27/c52-17-33-39(61)42(64)45(67)51(76-33)75-32-16-25-29(14-24(54)15-30(25)73-49-46(68)43(65)40(62)34(77-49)18-70-36(58)9-4-20-1-6-23(53)7-2-20)72-48(32)22-12-28(57)38(60)31(13-22)74-50-47(69)44(66)41(63)35(78-50)19-71-37(59)10-5-21-3-8-26(55)27(56)11-21/h4-5,9-10,20-35,38-57,60-69H,1-3,6-8,11-19H2. The Morgan fingerprint density at radius 2 is 0.923 bits per heavy atom. The lowest BCUT2D eigenvalue weighted by Crippen LogP contribution is -2.64. The zero-order chi connectivity index (χ0) is 56.3. The molecule has 16 N–H and O–H groups in total. The normalized spacial score (nSPS) is 49.5. The lowest BCUT2D eigenvalue weighted by Gasteiger charge is -2.53. The third-order valence-corrected chi connectivity index (χ3v) is 16.9. The Labute approximate surface area is 449 Å². The fourth-order valence-corrected chi connectivity index (χ4v) is 12.2. The molecule has 4 heterocycles. The Morgan fingerprint density at radius 3 is 1.47 bits per heavy atom. The second-order valence-electron chi connectivity index (χ2n) is 22.5. The van der Waals surface area contributed by atoms with E-state index in [0.29, 0.717) is 38.5 Å². The minimum absolute atomic E-state index is 0.00745. The van der Waals surface area contributed by atoms with Crippen molar-refractivity contribution < 1.29 is 134 Å². The molecule has 4 aliphatic heterocycles. The Kier molecular flexibility index (Phi) is 21.5. The van der Waals surface area contributed by atoms with E-state index in [1.54, 1.807) is 6.08 Å². The fourth-order valence-electron chi connectivity index (χ4n) is 12.2. The van der Waals surface area contributed by atoms with Gasteiger partial charge in [0.25, 0.3) is 0 Å². The van der Waals surface area contributed by atoms with Crippen LogP contribution in [0.25, 0.3) is 0 Å². The number of rotatable bonds is 16. The Balaban J connectivity index is 0.960. The maximum absolute atomic E-state index is 12.7. The van der Waals surface area contributed by atoms with E-state index in [9.17, 15) is 91.3 Å². The van der Waals surface area contributed by atoms with Gasteiger partial charge in [0.1, 0.15) is 92.6 Å². The number of aliphatic hydroxyl groups excluding tert-OH is 16. The van der Waals surface area contributed by atoms with Gasteiger partial charge in [-0.3, -0.25) is 0 Å². The summed E-state index contributed by atoms with van der Waals surface area (Å²) in [5.74, 6) is -3.44. The number of hydrogen-bond acceptors (Lipinski definition) is 27. The van der Waals surface area contributed by atoms with Gasteiger partial charge in [0.15, 0.2) is 18.9 Å². The monoisotopic (exact) mass is 1120 g/mol. The van der Waals surface area contributed by atoms with Crippen LogP contribution in [0, 0.1) is 23.7 Å². The van der Waals surface area contributed by atoms with E-state index < -0.39 is 197 Å². The molecule has 0 aromatic rings. The molecule has 8 aliphatic rings. The maximum atomic E-state index is 12.7. The van der Waals surface area contributed by atoms with Crippen LogP contribution in [0.3, 0.4) is 0 Å². The molecule has 4 aliphatic carbocycles. The number of aliphatic hydroxyl groups is 16. The van der Waals surface area contributed by atoms with Gasteiger partial charge in [0, 0.05) is 24.5 Å². The van der Waals surface area contributed by atoms with Crippen LogP contribution in [-0.4, -0.2) is 273 Å². The maximum Gasteiger partial charge on any atom is 0.330 e. The second-order valence-corrected chi connectivity index (χ2v) is 22.5. The molecule has 0 amide bonds. The molecular weight excluding hydrogens is 1040 g/mol. The first kappa shape index (κ1) is 61.6. The highest BCUT2D eigenvalue weighted by Gasteiger charge is 2.56. The van der Waals surface area contributed by atoms with Gasteiger partial charge in [-0.05, 0) is 88.4 Å². The van der Waals surface area contributed by atoms with Gasteiger partial charge >= 0.3 is 11.9 Å². The smallest absolute Gasteiger partial charge is 0.330 e. The summed E-state index contributed by atoms with van der Waals surface area (Å²) < 4.78 is 53.5. The van der Waals surface area contributed by atoms with E-state index in [-0.39, 0.29) is 56.5 Å². The lowest BCUT2D eigenvalue weighted by molar-refractivity contribution is -0.347. The molecular formula is C51H80O27. The zero-order valence-electron chi connectivity index (χ0n) is 42.9. The third-order valence-electron chi connectivity index (χ3n) is 16.9. The van der Waals surface area contributed by atoms with Gasteiger partial charge in [0.2, 0.25) is 0 Å². The molecule has 27 nitrogen and oxygen atoms in total. The van der Waals surface area contributed by atoms with Crippen molar-refractivity contribution in [1.82, 2.24) is 0 Å². The summed E-state index contributed by atoms with van der Waals surface area (Å²) in [6.45, 7) is -2.00. The molecule has 0 spiro atoms. The summed E-state index contributed by atoms with van der Waals surface area (Å²) in [6, 6.07) is 0. The summed E-state index contributed by atoms with van der Waals surface area (Å²) in [5.41, 5.74) is 0. The SMILES string of the molecule is O=C(C=CC1CCC(O)C(O)C1)OCC1OC(OC2CC(C3OC4CC(O)CC(OC5OC(COC(=O)C=CC6CCC(O)CC6)C(O)C(O)C5O)C4CC3OC3OC(CO)C(O)C(O)C3O)CC(O)C2O)C(O)C(O)C1O. The molecule has 8 fully saturated rings. The summed E-state index contributed by atoms with van der Waals surface area (Å²) in [6.07, 6.45) is -29.9. The highest BCUT2D eigenvalue weighted by molar-refractivity contribution is 5.82. The van der Waals surface area contributed by atoms with Crippen LogP contribution in [0.15, 0.2) is 24.3 Å². The van der Waals surface area contributed by atoms with Crippen molar-refractivity contribution in [3.05, 3.63) is 24.3 Å². The zero-order valence-corrected chi connectivity index (χ0v) is 42.9. The van der Waals surface area contributed by atoms with E-state index in [4.69, 9.17) is 42.6 Å². The number of carbonyl (C=O) groups excluding carboxylic acids is 2. The molecule has 28 unspecified atom stereocenters. The molecule has 0 aromatic heterocycles. The third kappa shape index (κ3) is 14.6. The fraction of sp³-hybridized carbons (Fsp3) is 0.882. The first-order valence-corrected chi connectivity index (χ1v) is 27.2. The molecule has 78 heavy (non-hydrogen) atoms. The molecule has 28 atom stereocenters. The molecule has 0 aromatic carbocycles. The molecule has 4 saturated heterocycles. The van der Waals surface area contributed by atoms with Crippen molar-refractivity contribution in [2.24, 2.45) is 23.7 Å². The van der Waals surface area contributed by atoms with Gasteiger partial charge < -0.3 is 124 Å². The van der Waals surface area contributed by atoms with Crippen LogP contribution >= 0.6 is 0 Å². The largest absolute Gasteiger partial charge is 0.460 e. The van der Waals surface area contributed by atoms with Crippen molar-refractivity contribution in [1.29, 1.82) is 0 Å². The Hall–Kier alpha value is -2.50. The number of ether oxygens (including phenoxy) is 9. The van der Waals surface area contributed by atoms with Crippen molar-refractivity contribution >= 4 is 11.9 Å². The van der Waals surface area contributed by atoms with E-state index in [1.165, 1.54) is 12.2 Å². The quantitative estimate of drug-likeness (QED) is 0.0505. The predicted molar refractivity (Wildman–Crippen MR) is 256 cm³/mol. The van der Waals surface area contributed by atoms with Crippen LogP contribution in [0.5, 0.6) is 0 Å².